The lowest BCUT2D eigenvalue weighted by atomic mass is 9.95. The summed E-state index contributed by atoms with van der Waals surface area (Å²) in [7, 11) is 0. The molecular weight excluding hydrogens is 424 g/mol. The van der Waals surface area contributed by atoms with Crippen LogP contribution in [0.15, 0.2) is 102 Å². The Morgan fingerprint density at radius 1 is 0.676 bits per heavy atom. The molecule has 0 spiro atoms. The van der Waals surface area contributed by atoms with Crippen LogP contribution >= 0.6 is 0 Å². The van der Waals surface area contributed by atoms with Gasteiger partial charge >= 0.3 is 0 Å². The van der Waals surface area contributed by atoms with Gasteiger partial charge in [0.15, 0.2) is 11.5 Å². The minimum Gasteiger partial charge on any atom is -0.464 e. The Morgan fingerprint density at radius 2 is 1.41 bits per heavy atom. The summed E-state index contributed by atoms with van der Waals surface area (Å²) < 4.78 is 17.6. The van der Waals surface area contributed by atoms with E-state index < -0.39 is 0 Å². The summed E-state index contributed by atoms with van der Waals surface area (Å²) >= 11 is 0. The number of hydrogen-bond donors (Lipinski definition) is 0. The van der Waals surface area contributed by atoms with Gasteiger partial charge in [-0.1, -0.05) is 72.8 Å². The first kappa shape index (κ1) is 19.2. The number of benzene rings is 4. The highest BCUT2D eigenvalue weighted by Crippen LogP contribution is 2.48. The summed E-state index contributed by atoms with van der Waals surface area (Å²) in [6.07, 6.45) is 0.488. The van der Waals surface area contributed by atoms with Crippen LogP contribution in [0.4, 0.5) is 0 Å². The van der Waals surface area contributed by atoms with Crippen LogP contribution in [-0.2, 0) is 0 Å². The maximum atomic E-state index is 6.48. The van der Waals surface area contributed by atoms with Crippen LogP contribution in [0.5, 0.6) is 17.2 Å². The molecule has 2 atom stereocenters. The molecule has 3 aliphatic heterocycles. The topological polar surface area (TPSA) is 43.3 Å². The minimum atomic E-state index is -0.338. The molecule has 5 heteroatoms. The van der Waals surface area contributed by atoms with Crippen LogP contribution in [0, 0.1) is 0 Å². The summed E-state index contributed by atoms with van der Waals surface area (Å²) in [6, 6.07) is 33.5. The highest BCUT2D eigenvalue weighted by Gasteiger charge is 2.41. The molecule has 5 nitrogen and oxygen atoms in total. The van der Waals surface area contributed by atoms with E-state index in [-0.39, 0.29) is 19.1 Å². The first-order valence-electron chi connectivity index (χ1n) is 11.5. The fourth-order valence-electron chi connectivity index (χ4n) is 4.98. The molecule has 7 rings (SSSR count). The number of hydrogen-bond acceptors (Lipinski definition) is 5. The Kier molecular flexibility index (Phi) is 4.34. The monoisotopic (exact) mass is 446 g/mol. The van der Waals surface area contributed by atoms with Gasteiger partial charge in [-0.3, -0.25) is 0 Å². The van der Waals surface area contributed by atoms with Gasteiger partial charge in [0, 0.05) is 17.5 Å². The van der Waals surface area contributed by atoms with Gasteiger partial charge in [-0.2, -0.15) is 5.10 Å². The molecule has 4 aromatic rings. The van der Waals surface area contributed by atoms with E-state index in [4.69, 9.17) is 19.3 Å². The number of ether oxygens (including phenoxy) is 3. The van der Waals surface area contributed by atoms with E-state index in [1.165, 1.54) is 16.7 Å². The summed E-state index contributed by atoms with van der Waals surface area (Å²) in [5.41, 5.74) is 6.77. The number of nitrogens with zero attached hydrogens (tertiary/aromatic N) is 2. The molecule has 4 aromatic carbocycles. The molecule has 0 amide bonds. The van der Waals surface area contributed by atoms with Crippen molar-refractivity contribution in [2.24, 2.45) is 5.10 Å². The highest BCUT2D eigenvalue weighted by molar-refractivity contribution is 6.02. The maximum absolute atomic E-state index is 6.48. The largest absolute Gasteiger partial charge is 0.464 e. The van der Waals surface area contributed by atoms with Crippen molar-refractivity contribution in [3.8, 4) is 28.4 Å². The molecule has 3 heterocycles. The average Bonchev–Trinajstić information content (AvgIpc) is 3.56. The van der Waals surface area contributed by atoms with Gasteiger partial charge in [-0.25, -0.2) is 5.01 Å². The van der Waals surface area contributed by atoms with Crippen LogP contribution in [0.2, 0.25) is 0 Å². The Bertz CT molecular complexity index is 1400. The SMILES string of the molecule is c1ccc(-c2ccc(C3=NN4C(C3)c3ccccc3OC4c3ccc4c(c3)OCO4)cc2)cc1. The number of para-hydroxylation sites is 1. The maximum Gasteiger partial charge on any atom is 0.231 e. The lowest BCUT2D eigenvalue weighted by molar-refractivity contribution is -0.0191. The van der Waals surface area contributed by atoms with E-state index in [9.17, 15) is 0 Å². The van der Waals surface area contributed by atoms with Crippen molar-refractivity contribution in [1.82, 2.24) is 5.01 Å². The van der Waals surface area contributed by atoms with E-state index in [1.54, 1.807) is 0 Å². The Morgan fingerprint density at radius 3 is 2.29 bits per heavy atom. The van der Waals surface area contributed by atoms with Crippen LogP contribution in [0.1, 0.15) is 35.4 Å². The predicted molar refractivity (Wildman–Crippen MR) is 130 cm³/mol. The molecule has 0 radical (unpaired) electrons. The van der Waals surface area contributed by atoms with E-state index in [0.29, 0.717) is 0 Å². The smallest absolute Gasteiger partial charge is 0.231 e. The van der Waals surface area contributed by atoms with Gasteiger partial charge in [0.05, 0.1) is 11.8 Å². The number of rotatable bonds is 3. The van der Waals surface area contributed by atoms with Gasteiger partial charge < -0.3 is 14.2 Å². The molecule has 0 aromatic heterocycles. The van der Waals surface area contributed by atoms with Crippen molar-refractivity contribution < 1.29 is 14.2 Å². The molecule has 3 aliphatic rings. The van der Waals surface area contributed by atoms with Crippen LogP contribution in [0.3, 0.4) is 0 Å². The summed E-state index contributed by atoms with van der Waals surface area (Å²) in [5.74, 6) is 2.42. The molecular formula is C29H22N2O3. The Labute approximate surface area is 197 Å². The highest BCUT2D eigenvalue weighted by atomic mass is 16.7. The van der Waals surface area contributed by atoms with Crippen molar-refractivity contribution in [3.63, 3.8) is 0 Å². The van der Waals surface area contributed by atoms with Crippen molar-refractivity contribution >= 4 is 5.71 Å². The zero-order valence-corrected chi connectivity index (χ0v) is 18.4. The van der Waals surface area contributed by atoms with Gasteiger partial charge in [0.2, 0.25) is 13.0 Å². The molecule has 2 unspecified atom stereocenters. The predicted octanol–water partition coefficient (Wildman–Crippen LogP) is 6.32. The molecule has 166 valence electrons. The first-order chi connectivity index (χ1) is 16.8. The zero-order chi connectivity index (χ0) is 22.5. The minimum absolute atomic E-state index is 0.115. The Balaban J connectivity index is 1.26. The molecule has 0 bridgehead atoms. The van der Waals surface area contributed by atoms with E-state index >= 15 is 0 Å². The molecule has 0 N–H and O–H groups in total. The summed E-state index contributed by atoms with van der Waals surface area (Å²) in [6.45, 7) is 0.251. The van der Waals surface area contributed by atoms with Crippen molar-refractivity contribution in [2.45, 2.75) is 18.7 Å². The lowest BCUT2D eigenvalue weighted by Gasteiger charge is -2.38. The first-order valence-corrected chi connectivity index (χ1v) is 11.5. The fraction of sp³-hybridized carbons (Fsp3) is 0.138. The zero-order valence-electron chi connectivity index (χ0n) is 18.4. The quantitative estimate of drug-likeness (QED) is 0.369. The van der Waals surface area contributed by atoms with Gasteiger partial charge in [-0.15, -0.1) is 0 Å². The molecule has 0 saturated heterocycles. The fourth-order valence-corrected chi connectivity index (χ4v) is 4.98. The van der Waals surface area contributed by atoms with Crippen LogP contribution in [-0.4, -0.2) is 17.5 Å². The second kappa shape index (κ2) is 7.66. The lowest BCUT2D eigenvalue weighted by Crippen LogP contribution is -2.33. The van der Waals surface area contributed by atoms with Gasteiger partial charge in [0.1, 0.15) is 5.75 Å². The third-order valence-electron chi connectivity index (χ3n) is 6.71. The average molecular weight is 447 g/mol. The molecule has 0 fully saturated rings. The Hall–Kier alpha value is -4.25. The third-order valence-corrected chi connectivity index (χ3v) is 6.71. The molecule has 34 heavy (non-hydrogen) atoms. The van der Waals surface area contributed by atoms with Crippen LogP contribution < -0.4 is 14.2 Å². The summed E-state index contributed by atoms with van der Waals surface area (Å²) in [5, 5.41) is 7.18. The molecule has 0 aliphatic carbocycles. The normalized spacial score (nSPS) is 19.8. The number of hydrazone groups is 1. The van der Waals surface area contributed by atoms with Crippen molar-refractivity contribution in [3.05, 3.63) is 114 Å². The van der Waals surface area contributed by atoms with E-state index in [2.05, 4.69) is 65.7 Å². The van der Waals surface area contributed by atoms with Gasteiger partial charge in [0.25, 0.3) is 0 Å². The standard InChI is InChI=1S/C29H22N2O3/c1-2-6-19(7-3-1)20-10-12-21(13-11-20)24-17-25-23-8-4-5-9-26(23)34-29(31(25)30-24)22-14-15-27-28(16-22)33-18-32-27/h1-16,25,29H,17-18H2. The van der Waals surface area contributed by atoms with Crippen molar-refractivity contribution in [1.29, 1.82) is 0 Å². The van der Waals surface area contributed by atoms with Crippen LogP contribution in [0.25, 0.3) is 11.1 Å². The van der Waals surface area contributed by atoms with E-state index in [0.717, 1.165) is 40.5 Å². The van der Waals surface area contributed by atoms with Crippen molar-refractivity contribution in [2.75, 3.05) is 6.79 Å². The summed E-state index contributed by atoms with van der Waals surface area (Å²) in [4.78, 5) is 0. The second-order valence-electron chi connectivity index (χ2n) is 8.71. The molecule has 0 saturated carbocycles. The third kappa shape index (κ3) is 3.12. The van der Waals surface area contributed by atoms with E-state index in [1.807, 2.05) is 36.4 Å². The number of fused-ring (bicyclic) bond motifs is 4. The van der Waals surface area contributed by atoms with Gasteiger partial charge in [-0.05, 0) is 41.0 Å². The second-order valence-corrected chi connectivity index (χ2v) is 8.71.